The average molecular weight is 458 g/mol. The van der Waals surface area contributed by atoms with Crippen LogP contribution in [-0.2, 0) is 10.0 Å². The Morgan fingerprint density at radius 3 is 2.79 bits per heavy atom. The second kappa shape index (κ2) is 8.56. The third-order valence-corrected chi connectivity index (χ3v) is 6.87. The fraction of sp³-hybridized carbons (Fsp3) is 0.526. The van der Waals surface area contributed by atoms with Crippen molar-refractivity contribution in [3.8, 4) is 0 Å². The van der Waals surface area contributed by atoms with E-state index in [0.29, 0.717) is 17.9 Å². The van der Waals surface area contributed by atoms with E-state index in [0.717, 1.165) is 12.8 Å². The lowest BCUT2D eigenvalue weighted by molar-refractivity contribution is 0.0982. The van der Waals surface area contributed by atoms with Crippen LogP contribution in [0.25, 0.3) is 0 Å². The predicted octanol–water partition coefficient (Wildman–Crippen LogP) is 4.00. The van der Waals surface area contributed by atoms with E-state index in [4.69, 9.17) is 23.2 Å². The van der Waals surface area contributed by atoms with Crippen LogP contribution in [0.15, 0.2) is 23.3 Å². The van der Waals surface area contributed by atoms with Crippen molar-refractivity contribution in [2.75, 3.05) is 6.54 Å². The maximum atomic E-state index is 12.4. The molecule has 0 radical (unpaired) electrons. The summed E-state index contributed by atoms with van der Waals surface area (Å²) in [4.78, 5) is 16.0. The molecule has 2 aliphatic rings. The number of hydrazone groups is 1. The number of carbonyl (C=O) groups is 1. The molecule has 1 aliphatic heterocycles. The molecule has 1 amide bonds. The molecule has 1 aromatic heterocycles. The van der Waals surface area contributed by atoms with Gasteiger partial charge in [-0.25, -0.2) is 9.71 Å². The van der Waals surface area contributed by atoms with Gasteiger partial charge in [0.15, 0.2) is 0 Å². The minimum absolute atomic E-state index is 0.0949. The van der Waals surface area contributed by atoms with E-state index in [2.05, 4.69) is 30.1 Å². The molecule has 7 nitrogen and oxygen atoms in total. The van der Waals surface area contributed by atoms with Crippen LogP contribution in [-0.4, -0.2) is 35.9 Å². The summed E-state index contributed by atoms with van der Waals surface area (Å²) in [5.41, 5.74) is 0.326. The number of amides is 1. The molecule has 156 valence electrons. The highest BCUT2D eigenvalue weighted by Crippen LogP contribution is 2.42. The van der Waals surface area contributed by atoms with Crippen LogP contribution < -0.4 is 4.72 Å². The summed E-state index contributed by atoms with van der Waals surface area (Å²) >= 11 is 11.5. The van der Waals surface area contributed by atoms with Gasteiger partial charge in [0.1, 0.15) is 10.3 Å². The van der Waals surface area contributed by atoms with Gasteiger partial charge in [0.2, 0.25) is 12.3 Å². The highest BCUT2D eigenvalue weighted by Gasteiger charge is 2.35. The van der Waals surface area contributed by atoms with Crippen LogP contribution in [0.2, 0.25) is 10.3 Å². The molecule has 1 saturated carbocycles. The predicted molar refractivity (Wildman–Crippen MR) is 113 cm³/mol. The number of hydrogen-bond donors (Lipinski definition) is 1. The molecule has 1 atom stereocenters. The van der Waals surface area contributed by atoms with Crippen LogP contribution >= 0.6 is 23.2 Å². The van der Waals surface area contributed by atoms with E-state index in [9.17, 15) is 13.2 Å². The Morgan fingerprint density at radius 1 is 1.38 bits per heavy atom. The van der Waals surface area contributed by atoms with Gasteiger partial charge in [-0.1, -0.05) is 37.0 Å². The molecule has 1 aromatic rings. The minimum atomic E-state index is -4.15. The molecule has 0 aromatic carbocycles. The SMILES string of the molecule is CC1(C)CCC(CCCN2[C+]=CC(S(=O)(=O)NC(=O)c3ccc(Cl)nc3Cl)=N2)C1. The lowest BCUT2D eigenvalue weighted by Crippen LogP contribution is -2.35. The van der Waals surface area contributed by atoms with Gasteiger partial charge in [-0.15, -0.1) is 5.01 Å². The van der Waals surface area contributed by atoms with Crippen LogP contribution in [0.5, 0.6) is 0 Å². The Balaban J connectivity index is 1.54. The molecule has 0 bridgehead atoms. The van der Waals surface area contributed by atoms with Crippen LogP contribution in [0.3, 0.4) is 0 Å². The van der Waals surface area contributed by atoms with E-state index in [1.54, 1.807) is 0 Å². The molecule has 2 heterocycles. The first kappa shape index (κ1) is 22.0. The maximum Gasteiger partial charge on any atom is 0.354 e. The quantitative estimate of drug-likeness (QED) is 0.532. The van der Waals surface area contributed by atoms with Crippen LogP contribution in [0.1, 0.15) is 56.3 Å². The number of pyridine rings is 1. The zero-order valence-corrected chi connectivity index (χ0v) is 18.6. The van der Waals surface area contributed by atoms with Crippen molar-refractivity contribution in [3.63, 3.8) is 0 Å². The summed E-state index contributed by atoms with van der Waals surface area (Å²) in [6.07, 6.45) is 9.75. The number of sulfonamides is 1. The van der Waals surface area contributed by atoms with Crippen molar-refractivity contribution in [3.05, 3.63) is 40.3 Å². The van der Waals surface area contributed by atoms with E-state index in [1.807, 2.05) is 4.72 Å². The Kier molecular flexibility index (Phi) is 6.48. The molecule has 29 heavy (non-hydrogen) atoms. The molecule has 3 rings (SSSR count). The summed E-state index contributed by atoms with van der Waals surface area (Å²) in [5.74, 6) is -0.196. The van der Waals surface area contributed by atoms with Crippen LogP contribution in [0.4, 0.5) is 0 Å². The van der Waals surface area contributed by atoms with Crippen molar-refractivity contribution in [2.24, 2.45) is 16.4 Å². The zero-order valence-electron chi connectivity index (χ0n) is 16.3. The first-order valence-electron chi connectivity index (χ1n) is 9.40. The molecular formula is C19H23Cl2N4O3S+. The lowest BCUT2D eigenvalue weighted by atomic mass is 9.89. The first-order valence-corrected chi connectivity index (χ1v) is 11.6. The molecule has 1 N–H and O–H groups in total. The number of nitrogens with zero attached hydrogens (tertiary/aromatic N) is 3. The van der Waals surface area contributed by atoms with Gasteiger partial charge in [-0.3, -0.25) is 4.79 Å². The summed E-state index contributed by atoms with van der Waals surface area (Å²) in [5, 5.41) is 5.16. The average Bonchev–Trinajstić information content (AvgIpc) is 3.21. The number of aromatic nitrogens is 1. The van der Waals surface area contributed by atoms with Crippen molar-refractivity contribution in [1.29, 1.82) is 0 Å². The zero-order chi connectivity index (χ0) is 21.2. The Bertz CT molecular complexity index is 960. The number of halogens is 2. The Labute approximate surface area is 181 Å². The minimum Gasteiger partial charge on any atom is -0.268 e. The summed E-state index contributed by atoms with van der Waals surface area (Å²) in [7, 11) is -4.15. The summed E-state index contributed by atoms with van der Waals surface area (Å²) in [6, 6.07) is 2.65. The second-order valence-corrected chi connectivity index (χ2v) is 10.5. The van der Waals surface area contributed by atoms with Gasteiger partial charge in [0, 0.05) is 0 Å². The Morgan fingerprint density at radius 2 is 2.14 bits per heavy atom. The standard InChI is InChI=1S/C19H22Cl2N4O3S/c1-19(2)9-7-13(12-19)4-3-10-25-11-8-16(23-25)29(27,28)24-18(26)14-5-6-15(20)22-17(14)21/h5-6,8,13H,3-4,7,9-10,12H2,1-2H3/p+1. The van der Waals surface area contributed by atoms with Gasteiger partial charge >= 0.3 is 15.1 Å². The second-order valence-electron chi connectivity index (χ2n) is 8.16. The third kappa shape index (κ3) is 5.66. The number of nitrogens with one attached hydrogen (secondary N) is 1. The van der Waals surface area contributed by atoms with Crippen molar-refractivity contribution < 1.29 is 13.2 Å². The van der Waals surface area contributed by atoms with Crippen molar-refractivity contribution in [2.45, 2.75) is 46.0 Å². The van der Waals surface area contributed by atoms with E-state index < -0.39 is 15.9 Å². The summed E-state index contributed by atoms with van der Waals surface area (Å²) < 4.78 is 26.8. The van der Waals surface area contributed by atoms with Crippen molar-refractivity contribution in [1.82, 2.24) is 14.7 Å². The first-order chi connectivity index (χ1) is 13.6. The van der Waals surface area contributed by atoms with Gasteiger partial charge in [-0.2, -0.15) is 8.42 Å². The van der Waals surface area contributed by atoms with Gasteiger partial charge in [0.25, 0.3) is 5.91 Å². The number of carbonyl (C=O) groups excluding carboxylic acids is 1. The number of rotatable bonds is 5. The highest BCUT2D eigenvalue weighted by molar-refractivity contribution is 8.05. The largest absolute Gasteiger partial charge is 0.354 e. The molecule has 10 heteroatoms. The molecule has 1 aliphatic carbocycles. The van der Waals surface area contributed by atoms with Gasteiger partial charge in [-0.05, 0) is 60.7 Å². The smallest absolute Gasteiger partial charge is 0.268 e. The molecule has 0 spiro atoms. The van der Waals surface area contributed by atoms with Crippen LogP contribution in [0, 0.1) is 17.5 Å². The van der Waals surface area contributed by atoms with E-state index in [-0.39, 0.29) is 20.9 Å². The molecule has 1 fully saturated rings. The maximum absolute atomic E-state index is 12.4. The topological polar surface area (TPSA) is 91.7 Å². The van der Waals surface area contributed by atoms with Gasteiger partial charge < -0.3 is 0 Å². The van der Waals surface area contributed by atoms with E-state index >= 15 is 0 Å². The molecular weight excluding hydrogens is 435 g/mol. The monoisotopic (exact) mass is 457 g/mol. The molecule has 0 saturated heterocycles. The lowest BCUT2D eigenvalue weighted by Gasteiger charge is -2.17. The fourth-order valence-electron chi connectivity index (χ4n) is 3.72. The molecule has 1 unspecified atom stereocenters. The number of hydrogen-bond acceptors (Lipinski definition) is 6. The third-order valence-electron chi connectivity index (χ3n) is 5.17. The van der Waals surface area contributed by atoms with E-state index in [1.165, 1.54) is 42.5 Å². The Hall–Kier alpha value is -1.73. The van der Waals surface area contributed by atoms with Crippen molar-refractivity contribution >= 4 is 44.2 Å². The van der Waals surface area contributed by atoms with Gasteiger partial charge in [0.05, 0.1) is 12.1 Å². The highest BCUT2D eigenvalue weighted by atomic mass is 35.5. The normalized spacial score (nSPS) is 20.5. The fourth-order valence-corrected chi connectivity index (χ4v) is 5.02. The summed E-state index contributed by atoms with van der Waals surface area (Å²) in [6.45, 7) is 5.17.